The maximum Gasteiger partial charge on any atom is 0.416 e. The molecule has 1 N–H and O–H groups in total. The Labute approximate surface area is 161 Å². The number of hydrogen-bond acceptors (Lipinski definition) is 3. The van der Waals surface area contributed by atoms with Gasteiger partial charge in [-0.15, -0.1) is 0 Å². The molecule has 28 heavy (non-hydrogen) atoms. The van der Waals surface area contributed by atoms with Crippen molar-refractivity contribution in [3.8, 4) is 5.75 Å². The van der Waals surface area contributed by atoms with Crippen LogP contribution >= 0.6 is 0 Å². The highest BCUT2D eigenvalue weighted by molar-refractivity contribution is 5.99. The predicted octanol–water partition coefficient (Wildman–Crippen LogP) is 4.20. The smallest absolute Gasteiger partial charge is 0.416 e. The van der Waals surface area contributed by atoms with Gasteiger partial charge in [0.2, 0.25) is 5.91 Å². The van der Waals surface area contributed by atoms with E-state index in [1.54, 1.807) is 24.3 Å². The molecule has 0 heterocycles. The van der Waals surface area contributed by atoms with Crippen LogP contribution in [0.25, 0.3) is 0 Å². The van der Waals surface area contributed by atoms with Crippen LogP contribution in [0.4, 0.5) is 18.9 Å². The molecule has 5 nitrogen and oxygen atoms in total. The van der Waals surface area contributed by atoms with Gasteiger partial charge in [0, 0.05) is 12.1 Å². The van der Waals surface area contributed by atoms with Crippen molar-refractivity contribution in [2.75, 3.05) is 25.5 Å². The number of halogens is 3. The first-order chi connectivity index (χ1) is 13.3. The molecule has 2 amide bonds. The first-order valence-electron chi connectivity index (χ1n) is 8.65. The number of benzene rings is 2. The van der Waals surface area contributed by atoms with Gasteiger partial charge >= 0.3 is 6.18 Å². The SMILES string of the molecule is CCCN(CC(=O)Nc1ccccc1OC)C(=O)c1ccc(C(F)(F)F)cc1. The van der Waals surface area contributed by atoms with Gasteiger partial charge in [-0.25, -0.2) is 0 Å². The Kier molecular flexibility index (Phi) is 7.03. The summed E-state index contributed by atoms with van der Waals surface area (Å²) in [4.78, 5) is 26.3. The molecule has 0 aliphatic heterocycles. The summed E-state index contributed by atoms with van der Waals surface area (Å²) in [6.45, 7) is 1.90. The summed E-state index contributed by atoms with van der Waals surface area (Å²) in [5.74, 6) is -0.462. The molecule has 0 bridgehead atoms. The number of rotatable bonds is 7. The average molecular weight is 394 g/mol. The van der Waals surface area contributed by atoms with Gasteiger partial charge < -0.3 is 15.0 Å². The Morgan fingerprint density at radius 1 is 1.07 bits per heavy atom. The summed E-state index contributed by atoms with van der Waals surface area (Å²) in [6, 6.07) is 10.8. The highest BCUT2D eigenvalue weighted by Crippen LogP contribution is 2.29. The minimum atomic E-state index is -4.47. The number of nitrogens with one attached hydrogen (secondary N) is 1. The Balaban J connectivity index is 2.11. The van der Waals surface area contributed by atoms with Crippen LogP contribution in [0.5, 0.6) is 5.75 Å². The molecule has 0 saturated heterocycles. The van der Waals surface area contributed by atoms with E-state index in [-0.39, 0.29) is 12.1 Å². The highest BCUT2D eigenvalue weighted by atomic mass is 19.4. The van der Waals surface area contributed by atoms with E-state index in [1.165, 1.54) is 12.0 Å². The van der Waals surface area contributed by atoms with Gasteiger partial charge in [-0.1, -0.05) is 19.1 Å². The second-order valence-electron chi connectivity index (χ2n) is 6.05. The fraction of sp³-hybridized carbons (Fsp3) is 0.300. The van der Waals surface area contributed by atoms with Crippen molar-refractivity contribution >= 4 is 17.5 Å². The van der Waals surface area contributed by atoms with Crippen LogP contribution in [-0.2, 0) is 11.0 Å². The number of ether oxygens (including phenoxy) is 1. The second kappa shape index (κ2) is 9.25. The van der Waals surface area contributed by atoms with E-state index < -0.39 is 23.6 Å². The van der Waals surface area contributed by atoms with Gasteiger partial charge in [0.25, 0.3) is 5.91 Å². The maximum atomic E-state index is 12.7. The molecule has 0 atom stereocenters. The van der Waals surface area contributed by atoms with E-state index in [9.17, 15) is 22.8 Å². The molecule has 2 aromatic carbocycles. The number of carbonyl (C=O) groups excluding carboxylic acids is 2. The molecule has 0 radical (unpaired) electrons. The van der Waals surface area contributed by atoms with Crippen molar-refractivity contribution in [1.82, 2.24) is 4.90 Å². The van der Waals surface area contributed by atoms with Crippen molar-refractivity contribution < 1.29 is 27.5 Å². The Hall–Kier alpha value is -3.03. The molecule has 150 valence electrons. The predicted molar refractivity (Wildman–Crippen MR) is 99.3 cm³/mol. The third-order valence-corrected chi connectivity index (χ3v) is 3.96. The number of hydrogen-bond donors (Lipinski definition) is 1. The van der Waals surface area contributed by atoms with E-state index >= 15 is 0 Å². The van der Waals surface area contributed by atoms with E-state index in [4.69, 9.17) is 4.74 Å². The van der Waals surface area contributed by atoms with Crippen LogP contribution in [-0.4, -0.2) is 36.9 Å². The zero-order valence-corrected chi connectivity index (χ0v) is 15.5. The van der Waals surface area contributed by atoms with Gasteiger partial charge in [0.05, 0.1) is 18.4 Å². The van der Waals surface area contributed by atoms with Gasteiger partial charge in [0.1, 0.15) is 12.3 Å². The Morgan fingerprint density at radius 2 is 1.71 bits per heavy atom. The van der Waals surface area contributed by atoms with E-state index in [2.05, 4.69) is 5.32 Å². The summed E-state index contributed by atoms with van der Waals surface area (Å²) in [7, 11) is 1.47. The maximum absolute atomic E-state index is 12.7. The zero-order valence-electron chi connectivity index (χ0n) is 15.5. The first kappa shape index (κ1) is 21.3. The molecule has 0 aliphatic rings. The van der Waals surface area contributed by atoms with Gasteiger partial charge in [0.15, 0.2) is 0 Å². The van der Waals surface area contributed by atoms with Gasteiger partial charge in [-0.3, -0.25) is 9.59 Å². The molecule has 0 aliphatic carbocycles. The minimum absolute atomic E-state index is 0.0894. The third-order valence-electron chi connectivity index (χ3n) is 3.96. The summed E-state index contributed by atoms with van der Waals surface area (Å²) in [5, 5.41) is 2.68. The molecule has 0 spiro atoms. The lowest BCUT2D eigenvalue weighted by atomic mass is 10.1. The molecular weight excluding hydrogens is 373 g/mol. The third kappa shape index (κ3) is 5.48. The van der Waals surface area contributed by atoms with Crippen LogP contribution in [0.3, 0.4) is 0 Å². The molecular formula is C20H21F3N2O3. The minimum Gasteiger partial charge on any atom is -0.495 e. The van der Waals surface area contributed by atoms with E-state index in [0.717, 1.165) is 24.3 Å². The molecule has 0 saturated carbocycles. The zero-order chi connectivity index (χ0) is 20.7. The van der Waals surface area contributed by atoms with Crippen molar-refractivity contribution in [2.24, 2.45) is 0 Å². The number of methoxy groups -OCH3 is 1. The fourth-order valence-corrected chi connectivity index (χ4v) is 2.62. The molecule has 0 aromatic heterocycles. The largest absolute Gasteiger partial charge is 0.495 e. The summed E-state index contributed by atoms with van der Waals surface area (Å²) in [6.07, 6.45) is -3.88. The lowest BCUT2D eigenvalue weighted by molar-refractivity contribution is -0.137. The summed E-state index contributed by atoms with van der Waals surface area (Å²) < 4.78 is 43.2. The lowest BCUT2D eigenvalue weighted by Crippen LogP contribution is -2.38. The average Bonchev–Trinajstić information content (AvgIpc) is 2.67. The normalized spacial score (nSPS) is 11.0. The van der Waals surface area contributed by atoms with Gasteiger partial charge in [-0.05, 0) is 42.8 Å². The van der Waals surface area contributed by atoms with Crippen LogP contribution in [0.1, 0.15) is 29.3 Å². The molecule has 0 unspecified atom stereocenters. The van der Waals surface area contributed by atoms with Gasteiger partial charge in [-0.2, -0.15) is 13.2 Å². The standard InChI is InChI=1S/C20H21F3N2O3/c1-3-12-25(13-18(26)24-16-6-4-5-7-17(16)28-2)19(27)14-8-10-15(11-9-14)20(21,22)23/h4-11H,3,12-13H2,1-2H3,(H,24,26). The van der Waals surface area contributed by atoms with Crippen molar-refractivity contribution in [2.45, 2.75) is 19.5 Å². The molecule has 8 heteroatoms. The Bertz CT molecular complexity index is 820. The van der Waals surface area contributed by atoms with Crippen molar-refractivity contribution in [3.63, 3.8) is 0 Å². The van der Waals surface area contributed by atoms with Crippen LogP contribution < -0.4 is 10.1 Å². The van der Waals surface area contributed by atoms with E-state index in [1.807, 2.05) is 6.92 Å². The van der Waals surface area contributed by atoms with Crippen LogP contribution in [0.15, 0.2) is 48.5 Å². The molecule has 2 rings (SSSR count). The molecule has 2 aromatic rings. The highest BCUT2D eigenvalue weighted by Gasteiger charge is 2.30. The lowest BCUT2D eigenvalue weighted by Gasteiger charge is -2.22. The molecule has 0 fully saturated rings. The number of para-hydroxylation sites is 2. The fourth-order valence-electron chi connectivity index (χ4n) is 2.62. The monoisotopic (exact) mass is 394 g/mol. The number of carbonyl (C=O) groups is 2. The summed E-state index contributed by atoms with van der Waals surface area (Å²) >= 11 is 0. The van der Waals surface area contributed by atoms with Crippen molar-refractivity contribution in [1.29, 1.82) is 0 Å². The van der Waals surface area contributed by atoms with Crippen LogP contribution in [0.2, 0.25) is 0 Å². The quantitative estimate of drug-likeness (QED) is 0.766. The number of anilines is 1. The summed E-state index contributed by atoms with van der Waals surface area (Å²) in [5.41, 5.74) is -0.278. The Morgan fingerprint density at radius 3 is 2.29 bits per heavy atom. The first-order valence-corrected chi connectivity index (χ1v) is 8.65. The topological polar surface area (TPSA) is 58.6 Å². The second-order valence-corrected chi connectivity index (χ2v) is 6.05. The number of amides is 2. The number of alkyl halides is 3. The van der Waals surface area contributed by atoms with Crippen molar-refractivity contribution in [3.05, 3.63) is 59.7 Å². The van der Waals surface area contributed by atoms with Crippen LogP contribution in [0, 0.1) is 0 Å². The number of nitrogens with zero attached hydrogens (tertiary/aromatic N) is 1. The van der Waals surface area contributed by atoms with E-state index in [0.29, 0.717) is 24.4 Å².